The van der Waals surface area contributed by atoms with E-state index in [2.05, 4.69) is 14.7 Å². The summed E-state index contributed by atoms with van der Waals surface area (Å²) in [5.41, 5.74) is 1.51. The summed E-state index contributed by atoms with van der Waals surface area (Å²) in [6.45, 7) is 0. The SMILES string of the molecule is ClOn1nnc2ccccc21. The van der Waals surface area contributed by atoms with Crippen LogP contribution in [-0.4, -0.2) is 15.2 Å². The summed E-state index contributed by atoms with van der Waals surface area (Å²) in [6, 6.07) is 7.38. The van der Waals surface area contributed by atoms with E-state index in [0.29, 0.717) is 0 Å². The minimum absolute atomic E-state index is 0.752. The number of aromatic nitrogens is 3. The van der Waals surface area contributed by atoms with Gasteiger partial charge in [-0.1, -0.05) is 17.0 Å². The monoisotopic (exact) mass is 169 g/mol. The number of nitrogens with zero attached hydrogens (tertiary/aromatic N) is 3. The lowest BCUT2D eigenvalue weighted by Gasteiger charge is -1.91. The minimum Gasteiger partial charge on any atom is -0.276 e. The van der Waals surface area contributed by atoms with Crippen molar-refractivity contribution in [3.63, 3.8) is 0 Å². The number of halogens is 1. The van der Waals surface area contributed by atoms with Crippen molar-refractivity contribution < 1.29 is 4.39 Å². The number of benzene rings is 1. The zero-order chi connectivity index (χ0) is 7.68. The quantitative estimate of drug-likeness (QED) is 0.640. The molecular weight excluding hydrogens is 166 g/mol. The van der Waals surface area contributed by atoms with Gasteiger partial charge in [0.15, 0.2) is 11.9 Å². The molecule has 0 aliphatic rings. The fourth-order valence-electron chi connectivity index (χ4n) is 0.898. The number of fused-ring (bicyclic) bond motifs is 1. The van der Waals surface area contributed by atoms with E-state index in [1.807, 2.05) is 24.3 Å². The van der Waals surface area contributed by atoms with Crippen molar-refractivity contribution in [2.45, 2.75) is 0 Å². The Bertz CT molecular complexity index is 373. The van der Waals surface area contributed by atoms with E-state index in [0.717, 1.165) is 15.9 Å². The van der Waals surface area contributed by atoms with Crippen molar-refractivity contribution >= 4 is 22.9 Å². The van der Waals surface area contributed by atoms with Crippen LogP contribution in [0.3, 0.4) is 0 Å². The van der Waals surface area contributed by atoms with Gasteiger partial charge in [0.2, 0.25) is 0 Å². The molecule has 1 aromatic carbocycles. The third kappa shape index (κ3) is 0.914. The van der Waals surface area contributed by atoms with Gasteiger partial charge in [-0.2, -0.15) is 0 Å². The normalized spacial score (nSPS) is 10.3. The third-order valence-electron chi connectivity index (χ3n) is 1.39. The summed E-state index contributed by atoms with van der Waals surface area (Å²) < 4.78 is 4.38. The van der Waals surface area contributed by atoms with Crippen LogP contribution in [0.25, 0.3) is 11.0 Å². The Morgan fingerprint density at radius 3 is 3.00 bits per heavy atom. The maximum Gasteiger partial charge on any atom is 0.167 e. The van der Waals surface area contributed by atoms with Crippen LogP contribution in [0.4, 0.5) is 0 Å². The fraction of sp³-hybridized carbons (Fsp3) is 0. The van der Waals surface area contributed by atoms with Gasteiger partial charge in [-0.3, -0.25) is 4.39 Å². The molecular formula is C6H4ClN3O. The average molecular weight is 170 g/mol. The lowest BCUT2D eigenvalue weighted by atomic mass is 10.3. The molecule has 0 aliphatic heterocycles. The first kappa shape index (κ1) is 6.42. The van der Waals surface area contributed by atoms with Gasteiger partial charge < -0.3 is 0 Å². The Morgan fingerprint density at radius 2 is 2.18 bits per heavy atom. The largest absolute Gasteiger partial charge is 0.276 e. The van der Waals surface area contributed by atoms with Gasteiger partial charge in [0.25, 0.3) is 0 Å². The Hall–Kier alpha value is -1.29. The fourth-order valence-corrected chi connectivity index (χ4v) is 1.00. The Labute approximate surface area is 67.5 Å². The van der Waals surface area contributed by atoms with Crippen molar-refractivity contribution in [3.8, 4) is 0 Å². The van der Waals surface area contributed by atoms with Crippen molar-refractivity contribution in [2.75, 3.05) is 0 Å². The first-order valence-electron chi connectivity index (χ1n) is 3.01. The van der Waals surface area contributed by atoms with Gasteiger partial charge in [-0.25, -0.2) is 0 Å². The van der Waals surface area contributed by atoms with Crippen molar-refractivity contribution in [1.82, 2.24) is 15.2 Å². The highest BCUT2D eigenvalue weighted by Gasteiger charge is 2.01. The van der Waals surface area contributed by atoms with Crippen molar-refractivity contribution in [3.05, 3.63) is 24.3 Å². The zero-order valence-electron chi connectivity index (χ0n) is 5.44. The van der Waals surface area contributed by atoms with E-state index in [1.54, 1.807) is 0 Å². The molecule has 5 heteroatoms. The van der Waals surface area contributed by atoms with Gasteiger partial charge >= 0.3 is 0 Å². The second-order valence-corrected chi connectivity index (χ2v) is 2.16. The number of para-hydroxylation sites is 1. The van der Waals surface area contributed by atoms with E-state index in [9.17, 15) is 0 Å². The van der Waals surface area contributed by atoms with Gasteiger partial charge in [-0.05, 0) is 17.3 Å². The van der Waals surface area contributed by atoms with Crippen LogP contribution in [-0.2, 0) is 0 Å². The second kappa shape index (κ2) is 2.39. The molecule has 0 bridgehead atoms. The molecule has 0 aliphatic carbocycles. The van der Waals surface area contributed by atoms with Gasteiger partial charge in [0, 0.05) is 0 Å². The number of hydrogen-bond donors (Lipinski definition) is 0. The molecule has 0 amide bonds. The van der Waals surface area contributed by atoms with E-state index in [4.69, 9.17) is 11.9 Å². The van der Waals surface area contributed by atoms with Crippen LogP contribution in [0.1, 0.15) is 0 Å². The molecule has 0 saturated heterocycles. The van der Waals surface area contributed by atoms with E-state index in [1.165, 1.54) is 0 Å². The molecule has 1 heterocycles. The molecule has 0 spiro atoms. The Kier molecular flexibility index (Phi) is 1.40. The maximum atomic E-state index is 5.11. The highest BCUT2D eigenvalue weighted by Crippen LogP contribution is 2.07. The predicted molar refractivity (Wildman–Crippen MR) is 40.0 cm³/mol. The second-order valence-electron chi connectivity index (χ2n) is 2.02. The summed E-state index contributed by atoms with van der Waals surface area (Å²) in [5.74, 6) is 0. The third-order valence-corrected chi connectivity index (χ3v) is 1.52. The van der Waals surface area contributed by atoms with Crippen LogP contribution >= 0.6 is 11.9 Å². The lowest BCUT2D eigenvalue weighted by Crippen LogP contribution is -2.01. The predicted octanol–water partition coefficient (Wildman–Crippen LogP) is 1.01. The molecule has 2 rings (SSSR count). The van der Waals surface area contributed by atoms with Crippen LogP contribution in [0.2, 0.25) is 0 Å². The smallest absolute Gasteiger partial charge is 0.167 e. The van der Waals surface area contributed by atoms with Crippen LogP contribution in [0.15, 0.2) is 24.3 Å². The number of hydrogen-bond acceptors (Lipinski definition) is 3. The first-order chi connectivity index (χ1) is 5.42. The summed E-state index contributed by atoms with van der Waals surface area (Å²) in [5, 5.41) is 7.42. The van der Waals surface area contributed by atoms with E-state index in [-0.39, 0.29) is 0 Å². The topological polar surface area (TPSA) is 39.9 Å². The average Bonchev–Trinajstić information content (AvgIpc) is 2.47. The molecule has 0 atom stereocenters. The van der Waals surface area contributed by atoms with Crippen LogP contribution in [0.5, 0.6) is 0 Å². The molecule has 0 N–H and O–H groups in total. The Morgan fingerprint density at radius 1 is 1.36 bits per heavy atom. The molecule has 0 radical (unpaired) electrons. The molecule has 0 unspecified atom stereocenters. The first-order valence-corrected chi connectivity index (χ1v) is 3.32. The molecule has 11 heavy (non-hydrogen) atoms. The summed E-state index contributed by atoms with van der Waals surface area (Å²) in [7, 11) is 0. The minimum atomic E-state index is 0.752. The standard InChI is InChI=1S/C6H4ClN3O/c7-11-10-6-4-2-1-3-5(6)8-9-10/h1-4H. The highest BCUT2D eigenvalue weighted by molar-refractivity contribution is 6.07. The van der Waals surface area contributed by atoms with Gasteiger partial charge in [0.1, 0.15) is 11.0 Å². The van der Waals surface area contributed by atoms with E-state index < -0.39 is 0 Å². The molecule has 4 nitrogen and oxygen atoms in total. The zero-order valence-corrected chi connectivity index (χ0v) is 6.19. The van der Waals surface area contributed by atoms with Crippen molar-refractivity contribution in [1.29, 1.82) is 0 Å². The van der Waals surface area contributed by atoms with E-state index >= 15 is 0 Å². The van der Waals surface area contributed by atoms with Crippen LogP contribution in [0, 0.1) is 0 Å². The summed E-state index contributed by atoms with van der Waals surface area (Å²) in [6.07, 6.45) is 0. The molecule has 0 saturated carbocycles. The molecule has 56 valence electrons. The molecule has 1 aromatic heterocycles. The van der Waals surface area contributed by atoms with Crippen molar-refractivity contribution in [2.24, 2.45) is 0 Å². The lowest BCUT2D eigenvalue weighted by molar-refractivity contribution is 0.263. The molecule has 2 aromatic rings. The van der Waals surface area contributed by atoms with Crippen LogP contribution < -0.4 is 4.39 Å². The maximum absolute atomic E-state index is 5.11. The van der Waals surface area contributed by atoms with Gasteiger partial charge in [0.05, 0.1) is 0 Å². The number of rotatable bonds is 1. The summed E-state index contributed by atoms with van der Waals surface area (Å²) in [4.78, 5) is 1.15. The highest BCUT2D eigenvalue weighted by atomic mass is 35.5. The molecule has 0 fully saturated rings. The summed E-state index contributed by atoms with van der Waals surface area (Å²) >= 11 is 5.11. The Balaban J connectivity index is 2.76. The van der Waals surface area contributed by atoms with Gasteiger partial charge in [-0.15, -0.1) is 5.10 Å².